The molecule has 0 spiro atoms. The minimum Gasteiger partial charge on any atom is -0.345 e. The number of carbonyl (C=O) groups is 2. The van der Waals surface area contributed by atoms with Gasteiger partial charge < -0.3 is 14.3 Å². The van der Waals surface area contributed by atoms with Gasteiger partial charge in [0.15, 0.2) is 5.82 Å². The third kappa shape index (κ3) is 5.01. The minimum absolute atomic E-state index is 0.0577. The van der Waals surface area contributed by atoms with E-state index in [2.05, 4.69) is 15.0 Å². The van der Waals surface area contributed by atoms with Crippen molar-refractivity contribution in [2.24, 2.45) is 11.3 Å². The second-order valence-corrected chi connectivity index (χ2v) is 11.0. The molecule has 2 bridgehead atoms. The maximum Gasteiger partial charge on any atom is 0.253 e. The fraction of sp³-hybridized carbons (Fsp3) is 0.517. The van der Waals surface area contributed by atoms with Crippen molar-refractivity contribution in [2.45, 2.75) is 64.7 Å². The van der Waals surface area contributed by atoms with Gasteiger partial charge in [0.2, 0.25) is 11.8 Å². The SMILES string of the molecule is Cc1noc(C2=C3CC(CN(C(=O)C4CCCCC4)c4cccc(/C=C/C(=O)N(C)C)c4)(CC2)C3)n1. The van der Waals surface area contributed by atoms with Crippen LogP contribution in [0.3, 0.4) is 0 Å². The van der Waals surface area contributed by atoms with Crippen LogP contribution in [0.1, 0.15) is 75.1 Å². The van der Waals surface area contributed by atoms with Crippen LogP contribution >= 0.6 is 0 Å². The number of hydrogen-bond acceptors (Lipinski definition) is 5. The molecule has 0 aliphatic heterocycles. The van der Waals surface area contributed by atoms with Gasteiger partial charge in [-0.25, -0.2) is 0 Å². The van der Waals surface area contributed by atoms with E-state index in [4.69, 9.17) is 4.52 Å². The lowest BCUT2D eigenvalue weighted by molar-refractivity contribution is -0.124. The summed E-state index contributed by atoms with van der Waals surface area (Å²) >= 11 is 0. The zero-order valence-corrected chi connectivity index (χ0v) is 21.6. The molecular weight excluding hydrogens is 452 g/mol. The Morgan fingerprint density at radius 3 is 2.58 bits per heavy atom. The summed E-state index contributed by atoms with van der Waals surface area (Å²) in [6.45, 7) is 2.58. The molecule has 36 heavy (non-hydrogen) atoms. The number of hydrogen-bond donors (Lipinski definition) is 0. The zero-order chi connectivity index (χ0) is 25.3. The Morgan fingerprint density at radius 2 is 1.94 bits per heavy atom. The first kappa shape index (κ1) is 24.5. The molecule has 6 rings (SSSR count). The summed E-state index contributed by atoms with van der Waals surface area (Å²) in [5.41, 5.74) is 4.56. The van der Waals surface area contributed by atoms with Crippen molar-refractivity contribution in [3.63, 3.8) is 0 Å². The fourth-order valence-corrected chi connectivity index (χ4v) is 5.99. The minimum atomic E-state index is -0.0577. The number of allylic oxidation sites excluding steroid dienone is 2. The lowest BCUT2D eigenvalue weighted by atomic mass is 9.57. The van der Waals surface area contributed by atoms with Crippen molar-refractivity contribution in [3.8, 4) is 0 Å². The number of fused-ring (bicyclic) bond motifs is 2. The van der Waals surface area contributed by atoms with Gasteiger partial charge in [-0.1, -0.05) is 42.1 Å². The Balaban J connectivity index is 1.39. The standard InChI is InChI=1S/C29H36N4O3/c1-20-30-27(36-31-20)25-14-15-29(17-23(25)18-29)19-33(28(35)22-9-5-4-6-10-22)24-11-7-8-21(16-24)12-13-26(34)32(2)3/h7-8,11-13,16,22H,4-6,9-10,14-15,17-19H2,1-3H3/b13-12+. The van der Waals surface area contributed by atoms with E-state index in [0.717, 1.165) is 69.2 Å². The van der Waals surface area contributed by atoms with Gasteiger partial charge >= 0.3 is 0 Å². The van der Waals surface area contributed by atoms with E-state index >= 15 is 0 Å². The topological polar surface area (TPSA) is 79.5 Å². The van der Waals surface area contributed by atoms with Gasteiger partial charge in [0.25, 0.3) is 5.89 Å². The summed E-state index contributed by atoms with van der Waals surface area (Å²) < 4.78 is 5.45. The largest absolute Gasteiger partial charge is 0.345 e. The van der Waals surface area contributed by atoms with Crippen molar-refractivity contribution in [1.29, 1.82) is 0 Å². The molecule has 4 aliphatic rings. The summed E-state index contributed by atoms with van der Waals surface area (Å²) in [6.07, 6.45) is 12.7. The van der Waals surface area contributed by atoms with Crippen molar-refractivity contribution in [3.05, 3.63) is 53.2 Å². The molecule has 0 N–H and O–H groups in total. The molecule has 2 fully saturated rings. The van der Waals surface area contributed by atoms with Crippen LogP contribution in [0.15, 0.2) is 40.4 Å². The van der Waals surface area contributed by atoms with E-state index in [9.17, 15) is 9.59 Å². The Labute approximate surface area is 213 Å². The van der Waals surface area contributed by atoms with E-state index in [-0.39, 0.29) is 23.1 Å². The second-order valence-electron chi connectivity index (χ2n) is 11.0. The number of likely N-dealkylation sites (N-methyl/N-ethyl adjacent to an activating group) is 1. The number of benzene rings is 1. The van der Waals surface area contributed by atoms with Crippen molar-refractivity contribution in [1.82, 2.24) is 15.0 Å². The predicted molar refractivity (Wildman–Crippen MR) is 140 cm³/mol. The number of carbonyl (C=O) groups excluding carboxylic acids is 2. The van der Waals surface area contributed by atoms with E-state index < -0.39 is 0 Å². The van der Waals surface area contributed by atoms with Crippen LogP contribution in [0.2, 0.25) is 0 Å². The average Bonchev–Trinajstić information content (AvgIpc) is 3.31. The Hall–Kier alpha value is -3.22. The first-order valence-electron chi connectivity index (χ1n) is 13.2. The van der Waals surface area contributed by atoms with E-state index in [1.165, 1.54) is 17.6 Å². The van der Waals surface area contributed by atoms with Gasteiger partial charge in [0, 0.05) is 43.9 Å². The highest BCUT2D eigenvalue weighted by molar-refractivity contribution is 5.96. The van der Waals surface area contributed by atoms with Gasteiger partial charge in [-0.2, -0.15) is 4.98 Å². The molecule has 1 heterocycles. The molecule has 1 aromatic heterocycles. The number of amides is 2. The van der Waals surface area contributed by atoms with Crippen LogP contribution < -0.4 is 4.90 Å². The summed E-state index contributed by atoms with van der Waals surface area (Å²) in [7, 11) is 3.48. The third-order valence-corrected chi connectivity index (χ3v) is 8.05. The van der Waals surface area contributed by atoms with Gasteiger partial charge in [-0.3, -0.25) is 9.59 Å². The highest BCUT2D eigenvalue weighted by Crippen LogP contribution is 2.57. The number of nitrogens with zero attached hydrogens (tertiary/aromatic N) is 4. The van der Waals surface area contributed by atoms with Gasteiger partial charge in [0.1, 0.15) is 0 Å². The number of rotatable bonds is 7. The van der Waals surface area contributed by atoms with Crippen LogP contribution in [0.4, 0.5) is 5.69 Å². The van der Waals surface area contributed by atoms with Crippen LogP contribution in [-0.2, 0) is 9.59 Å². The van der Waals surface area contributed by atoms with E-state index in [1.54, 1.807) is 25.1 Å². The summed E-state index contributed by atoms with van der Waals surface area (Å²) in [6, 6.07) is 8.04. The Morgan fingerprint density at radius 1 is 1.17 bits per heavy atom. The van der Waals surface area contributed by atoms with Crippen molar-refractivity contribution < 1.29 is 14.1 Å². The first-order chi connectivity index (χ1) is 17.3. The molecule has 2 aromatic rings. The predicted octanol–water partition coefficient (Wildman–Crippen LogP) is 5.42. The monoisotopic (exact) mass is 488 g/mol. The van der Waals surface area contributed by atoms with E-state index in [0.29, 0.717) is 11.7 Å². The van der Waals surface area contributed by atoms with Crippen LogP contribution in [-0.4, -0.2) is 47.5 Å². The lowest BCUT2D eigenvalue weighted by Crippen LogP contribution is -2.49. The summed E-state index contributed by atoms with van der Waals surface area (Å²) in [5.74, 6) is 1.63. The Kier molecular flexibility index (Phi) is 6.82. The fourth-order valence-electron chi connectivity index (χ4n) is 5.99. The van der Waals surface area contributed by atoms with Gasteiger partial charge in [-0.15, -0.1) is 0 Å². The normalized spacial score (nSPS) is 19.3. The number of anilines is 1. The second kappa shape index (κ2) is 10.0. The maximum atomic E-state index is 13.9. The molecule has 2 saturated carbocycles. The molecule has 190 valence electrons. The average molecular weight is 489 g/mol. The van der Waals surface area contributed by atoms with Crippen LogP contribution in [0.25, 0.3) is 11.6 Å². The highest BCUT2D eigenvalue weighted by atomic mass is 16.5. The molecule has 7 heteroatoms. The van der Waals surface area contributed by atoms with Crippen molar-refractivity contribution >= 4 is 29.2 Å². The molecule has 4 aliphatic carbocycles. The molecule has 0 unspecified atom stereocenters. The molecule has 2 amide bonds. The summed E-state index contributed by atoms with van der Waals surface area (Å²) in [5, 5.41) is 3.97. The zero-order valence-electron chi connectivity index (χ0n) is 21.6. The molecule has 0 atom stereocenters. The quantitative estimate of drug-likeness (QED) is 0.486. The molecule has 0 radical (unpaired) electrons. The third-order valence-electron chi connectivity index (χ3n) is 8.05. The molecule has 1 aromatic carbocycles. The maximum absolute atomic E-state index is 13.9. The lowest BCUT2D eigenvalue weighted by Gasteiger charge is -2.51. The molecule has 0 saturated heterocycles. The Bertz CT molecular complexity index is 1190. The highest BCUT2D eigenvalue weighted by Gasteiger charge is 2.48. The van der Waals surface area contributed by atoms with E-state index in [1.807, 2.05) is 37.3 Å². The van der Waals surface area contributed by atoms with Gasteiger partial charge in [0.05, 0.1) is 0 Å². The summed E-state index contributed by atoms with van der Waals surface area (Å²) in [4.78, 5) is 34.0. The molecular formula is C29H36N4O3. The van der Waals surface area contributed by atoms with Crippen LogP contribution in [0.5, 0.6) is 0 Å². The first-order valence-corrected chi connectivity index (χ1v) is 13.2. The molecule has 7 nitrogen and oxygen atoms in total. The van der Waals surface area contributed by atoms with Crippen molar-refractivity contribution in [2.75, 3.05) is 25.5 Å². The smallest absolute Gasteiger partial charge is 0.253 e. The van der Waals surface area contributed by atoms with Crippen LogP contribution in [0, 0.1) is 18.3 Å². The number of aryl methyl sites for hydroxylation is 1. The number of aromatic nitrogens is 2. The van der Waals surface area contributed by atoms with Gasteiger partial charge in [-0.05, 0) is 74.6 Å².